The molecule has 2 amide bonds. The van der Waals surface area contributed by atoms with Gasteiger partial charge in [-0.15, -0.1) is 0 Å². The SMILES string of the molecule is COc1ccc(S(=O)(=O)N2CC(N(C(=O)NC(C)C)C3CCOCC3)C2)cc1. The van der Waals surface area contributed by atoms with Gasteiger partial charge in [-0.05, 0) is 51.0 Å². The Hall–Kier alpha value is -1.84. The van der Waals surface area contributed by atoms with Crippen LogP contribution < -0.4 is 10.1 Å². The number of urea groups is 1. The molecule has 1 aromatic rings. The van der Waals surface area contributed by atoms with Crippen molar-refractivity contribution in [1.29, 1.82) is 0 Å². The van der Waals surface area contributed by atoms with Crippen molar-refractivity contribution in [2.24, 2.45) is 0 Å². The molecule has 0 bridgehead atoms. The molecule has 1 N–H and O–H groups in total. The van der Waals surface area contributed by atoms with Crippen LogP contribution in [-0.4, -0.2) is 75.2 Å². The Morgan fingerprint density at radius 3 is 2.32 bits per heavy atom. The molecule has 0 aliphatic carbocycles. The van der Waals surface area contributed by atoms with Gasteiger partial charge < -0.3 is 19.7 Å². The van der Waals surface area contributed by atoms with Gasteiger partial charge >= 0.3 is 6.03 Å². The molecule has 9 heteroatoms. The first-order valence-electron chi connectivity index (χ1n) is 9.63. The lowest BCUT2D eigenvalue weighted by Crippen LogP contribution is -2.66. The van der Waals surface area contributed by atoms with E-state index in [-0.39, 0.29) is 29.1 Å². The van der Waals surface area contributed by atoms with E-state index in [0.717, 1.165) is 12.8 Å². The molecule has 0 aromatic heterocycles. The lowest BCUT2D eigenvalue weighted by Gasteiger charge is -2.48. The van der Waals surface area contributed by atoms with Gasteiger partial charge in [0, 0.05) is 38.4 Å². The highest BCUT2D eigenvalue weighted by molar-refractivity contribution is 7.89. The van der Waals surface area contributed by atoms with E-state index in [9.17, 15) is 13.2 Å². The monoisotopic (exact) mass is 411 g/mol. The fourth-order valence-electron chi connectivity index (χ4n) is 3.60. The molecule has 2 aliphatic rings. The van der Waals surface area contributed by atoms with Gasteiger partial charge in [-0.1, -0.05) is 0 Å². The summed E-state index contributed by atoms with van der Waals surface area (Å²) in [6, 6.07) is 6.19. The van der Waals surface area contributed by atoms with Gasteiger partial charge in [-0.2, -0.15) is 4.31 Å². The first-order valence-corrected chi connectivity index (χ1v) is 11.1. The molecule has 0 unspecified atom stereocenters. The second-order valence-electron chi connectivity index (χ2n) is 7.51. The molecule has 8 nitrogen and oxygen atoms in total. The lowest BCUT2D eigenvalue weighted by atomic mass is 10.0. The maximum Gasteiger partial charge on any atom is 0.318 e. The van der Waals surface area contributed by atoms with Crippen molar-refractivity contribution in [3.05, 3.63) is 24.3 Å². The van der Waals surface area contributed by atoms with Crippen LogP contribution in [0.3, 0.4) is 0 Å². The van der Waals surface area contributed by atoms with Crippen LogP contribution in [0.5, 0.6) is 5.75 Å². The predicted molar refractivity (Wildman–Crippen MR) is 105 cm³/mol. The molecule has 0 atom stereocenters. The zero-order chi connectivity index (χ0) is 20.3. The number of carbonyl (C=O) groups is 1. The minimum absolute atomic E-state index is 0.0223. The number of sulfonamides is 1. The van der Waals surface area contributed by atoms with E-state index in [4.69, 9.17) is 9.47 Å². The number of benzene rings is 1. The molecule has 2 heterocycles. The van der Waals surface area contributed by atoms with E-state index in [1.165, 1.54) is 11.4 Å². The van der Waals surface area contributed by atoms with Gasteiger partial charge in [0.2, 0.25) is 10.0 Å². The molecule has 0 radical (unpaired) electrons. The molecule has 3 rings (SSSR count). The van der Waals surface area contributed by atoms with Crippen molar-refractivity contribution >= 4 is 16.1 Å². The highest BCUT2D eigenvalue weighted by atomic mass is 32.2. The molecule has 28 heavy (non-hydrogen) atoms. The zero-order valence-electron chi connectivity index (χ0n) is 16.6. The molecule has 156 valence electrons. The Kier molecular flexibility index (Phi) is 6.47. The van der Waals surface area contributed by atoms with E-state index in [1.54, 1.807) is 24.3 Å². The first-order chi connectivity index (χ1) is 13.3. The first kappa shape index (κ1) is 20.9. The number of nitrogens with zero attached hydrogens (tertiary/aromatic N) is 2. The highest BCUT2D eigenvalue weighted by Crippen LogP contribution is 2.28. The summed E-state index contributed by atoms with van der Waals surface area (Å²) in [4.78, 5) is 14.8. The second kappa shape index (κ2) is 8.67. The highest BCUT2D eigenvalue weighted by Gasteiger charge is 2.44. The fraction of sp³-hybridized carbons (Fsp3) is 0.632. The van der Waals surface area contributed by atoms with Crippen LogP contribution in [0.1, 0.15) is 26.7 Å². The Morgan fingerprint density at radius 2 is 1.79 bits per heavy atom. The minimum atomic E-state index is -3.58. The molecular weight excluding hydrogens is 382 g/mol. The minimum Gasteiger partial charge on any atom is -0.497 e. The van der Waals surface area contributed by atoms with Crippen LogP contribution in [0.25, 0.3) is 0 Å². The number of carbonyl (C=O) groups excluding carboxylic acids is 1. The number of methoxy groups -OCH3 is 1. The number of hydrogen-bond acceptors (Lipinski definition) is 5. The predicted octanol–water partition coefficient (Wildman–Crippen LogP) is 1.67. The molecular formula is C19H29N3O5S. The largest absolute Gasteiger partial charge is 0.497 e. The van der Waals surface area contributed by atoms with Crippen LogP contribution in [0.15, 0.2) is 29.2 Å². The van der Waals surface area contributed by atoms with E-state index in [1.807, 2.05) is 18.7 Å². The summed E-state index contributed by atoms with van der Waals surface area (Å²) in [6.45, 7) is 5.68. The zero-order valence-corrected chi connectivity index (χ0v) is 17.4. The van der Waals surface area contributed by atoms with Gasteiger partial charge in [0.25, 0.3) is 0 Å². The summed E-state index contributed by atoms with van der Waals surface area (Å²) in [5.41, 5.74) is 0. The van der Waals surface area contributed by atoms with E-state index >= 15 is 0 Å². The summed E-state index contributed by atoms with van der Waals surface area (Å²) in [6.07, 6.45) is 1.54. The number of nitrogens with one attached hydrogen (secondary N) is 1. The summed E-state index contributed by atoms with van der Waals surface area (Å²) >= 11 is 0. The normalized spacial score (nSPS) is 19.3. The third kappa shape index (κ3) is 4.42. The second-order valence-corrected chi connectivity index (χ2v) is 9.44. The van der Waals surface area contributed by atoms with Gasteiger partial charge in [0.1, 0.15) is 5.75 Å². The van der Waals surface area contributed by atoms with Crippen molar-refractivity contribution in [3.8, 4) is 5.75 Å². The van der Waals surface area contributed by atoms with Crippen LogP contribution >= 0.6 is 0 Å². The molecule has 0 saturated carbocycles. The molecule has 2 saturated heterocycles. The average molecular weight is 412 g/mol. The number of amides is 2. The number of rotatable bonds is 6. The van der Waals surface area contributed by atoms with Crippen LogP contribution in [0.4, 0.5) is 4.79 Å². The Labute approximate surface area is 166 Å². The van der Waals surface area contributed by atoms with E-state index in [0.29, 0.717) is 32.1 Å². The van der Waals surface area contributed by atoms with Crippen molar-refractivity contribution in [2.75, 3.05) is 33.4 Å². The van der Waals surface area contributed by atoms with Gasteiger partial charge in [0.15, 0.2) is 0 Å². The van der Waals surface area contributed by atoms with Crippen LogP contribution in [0, 0.1) is 0 Å². The van der Waals surface area contributed by atoms with Gasteiger partial charge in [0.05, 0.1) is 18.0 Å². The van der Waals surface area contributed by atoms with Crippen molar-refractivity contribution in [2.45, 2.75) is 49.7 Å². The molecule has 1 aromatic carbocycles. The van der Waals surface area contributed by atoms with Gasteiger partial charge in [-0.3, -0.25) is 0 Å². The quantitative estimate of drug-likeness (QED) is 0.769. The summed E-state index contributed by atoms with van der Waals surface area (Å²) in [5, 5.41) is 2.95. The maximum atomic E-state index is 12.9. The van der Waals surface area contributed by atoms with Crippen molar-refractivity contribution in [3.63, 3.8) is 0 Å². The van der Waals surface area contributed by atoms with Crippen molar-refractivity contribution in [1.82, 2.24) is 14.5 Å². The number of hydrogen-bond donors (Lipinski definition) is 1. The van der Waals surface area contributed by atoms with Gasteiger partial charge in [-0.25, -0.2) is 13.2 Å². The van der Waals surface area contributed by atoms with Crippen molar-refractivity contribution < 1.29 is 22.7 Å². The third-order valence-electron chi connectivity index (χ3n) is 5.15. The molecule has 2 fully saturated rings. The summed E-state index contributed by atoms with van der Waals surface area (Å²) in [5.74, 6) is 0.608. The summed E-state index contributed by atoms with van der Waals surface area (Å²) < 4.78 is 37.6. The Morgan fingerprint density at radius 1 is 1.18 bits per heavy atom. The fourth-order valence-corrected chi connectivity index (χ4v) is 5.12. The average Bonchev–Trinajstić information content (AvgIpc) is 2.64. The maximum absolute atomic E-state index is 12.9. The van der Waals surface area contributed by atoms with Crippen LogP contribution in [0.2, 0.25) is 0 Å². The molecule has 2 aliphatic heterocycles. The number of ether oxygens (including phenoxy) is 2. The molecule has 0 spiro atoms. The van der Waals surface area contributed by atoms with E-state index < -0.39 is 10.0 Å². The lowest BCUT2D eigenvalue weighted by molar-refractivity contribution is 0.0108. The Balaban J connectivity index is 1.70. The van der Waals surface area contributed by atoms with Crippen LogP contribution in [-0.2, 0) is 14.8 Å². The smallest absolute Gasteiger partial charge is 0.318 e. The summed E-state index contributed by atoms with van der Waals surface area (Å²) in [7, 11) is -2.04. The topological polar surface area (TPSA) is 88.2 Å². The third-order valence-corrected chi connectivity index (χ3v) is 7.00. The van der Waals surface area contributed by atoms with E-state index in [2.05, 4.69) is 5.32 Å². The standard InChI is InChI=1S/C19H29N3O5S/c1-14(2)20-19(23)22(15-8-10-27-11-9-15)16-12-21(13-16)28(24,25)18-6-4-17(26-3)5-7-18/h4-7,14-16H,8-13H2,1-3H3,(H,20,23). The Bertz CT molecular complexity index is 769.